The predicted octanol–water partition coefficient (Wildman–Crippen LogP) is 5.19. The Labute approximate surface area is 221 Å². The van der Waals surface area contributed by atoms with Gasteiger partial charge in [0.15, 0.2) is 6.19 Å². The van der Waals surface area contributed by atoms with Crippen LogP contribution < -0.4 is 4.90 Å². The van der Waals surface area contributed by atoms with E-state index in [2.05, 4.69) is 31.9 Å². The molecule has 0 bridgehead atoms. The van der Waals surface area contributed by atoms with Gasteiger partial charge in [-0.1, -0.05) is 58.2 Å². The lowest BCUT2D eigenvalue weighted by atomic mass is 9.87. The van der Waals surface area contributed by atoms with Crippen molar-refractivity contribution in [1.29, 1.82) is 5.26 Å². The van der Waals surface area contributed by atoms with E-state index in [1.165, 1.54) is 6.42 Å². The largest absolute Gasteiger partial charge is 0.341 e. The average molecular weight is 502 g/mol. The van der Waals surface area contributed by atoms with Gasteiger partial charge in [-0.25, -0.2) is 0 Å². The molecule has 2 aliphatic rings. The van der Waals surface area contributed by atoms with E-state index in [4.69, 9.17) is 0 Å². The van der Waals surface area contributed by atoms with Crippen LogP contribution in [0, 0.1) is 11.5 Å². The molecule has 2 heterocycles. The van der Waals surface area contributed by atoms with Gasteiger partial charge in [-0.15, -0.1) is 0 Å². The number of hydrogen-bond acceptors (Lipinski definition) is 5. The summed E-state index contributed by atoms with van der Waals surface area (Å²) < 4.78 is 0. The first-order valence-corrected chi connectivity index (χ1v) is 13.5. The Morgan fingerprint density at radius 2 is 1.76 bits per heavy atom. The van der Waals surface area contributed by atoms with Crippen LogP contribution in [0.3, 0.4) is 0 Å². The molecule has 1 unspecified atom stereocenters. The number of hydrogen-bond donors (Lipinski definition) is 0. The van der Waals surface area contributed by atoms with Crippen LogP contribution in [0.1, 0.15) is 82.9 Å². The van der Waals surface area contributed by atoms with Gasteiger partial charge in [-0.2, -0.15) is 5.26 Å². The fourth-order valence-corrected chi connectivity index (χ4v) is 5.61. The van der Waals surface area contributed by atoms with Crippen LogP contribution in [0.4, 0.5) is 5.69 Å². The Kier molecular flexibility index (Phi) is 8.16. The highest BCUT2D eigenvalue weighted by Gasteiger charge is 2.42. The van der Waals surface area contributed by atoms with Crippen molar-refractivity contribution in [3.63, 3.8) is 0 Å². The Balaban J connectivity index is 1.81. The van der Waals surface area contributed by atoms with Gasteiger partial charge in [0.1, 0.15) is 12.1 Å². The van der Waals surface area contributed by atoms with E-state index in [0.717, 1.165) is 37.7 Å². The van der Waals surface area contributed by atoms with Crippen molar-refractivity contribution in [3.05, 3.63) is 59.9 Å². The lowest BCUT2D eigenvalue weighted by Gasteiger charge is -2.39. The lowest BCUT2D eigenvalue weighted by Crippen LogP contribution is -2.52. The minimum atomic E-state index is -0.866. The molecular weight excluding hydrogens is 462 g/mol. The van der Waals surface area contributed by atoms with E-state index < -0.39 is 12.1 Å². The number of carbonyl (C=O) groups is 2. The summed E-state index contributed by atoms with van der Waals surface area (Å²) >= 11 is 0. The van der Waals surface area contributed by atoms with E-state index in [9.17, 15) is 14.9 Å². The zero-order chi connectivity index (χ0) is 26.6. The normalized spacial score (nSPS) is 19.2. The highest BCUT2D eigenvalue weighted by atomic mass is 16.2. The van der Waals surface area contributed by atoms with Gasteiger partial charge in [-0.05, 0) is 54.9 Å². The van der Waals surface area contributed by atoms with Crippen LogP contribution in [-0.2, 0) is 15.0 Å². The highest BCUT2D eigenvalue weighted by molar-refractivity contribution is 6.04. The molecule has 0 spiro atoms. The molecule has 37 heavy (non-hydrogen) atoms. The summed E-state index contributed by atoms with van der Waals surface area (Å²) in [5, 5.41) is 9.71. The summed E-state index contributed by atoms with van der Waals surface area (Å²) in [5.74, 6) is -0.337. The molecule has 1 aromatic heterocycles. The van der Waals surface area contributed by atoms with E-state index in [1.54, 1.807) is 28.3 Å². The first kappa shape index (κ1) is 26.7. The third-order valence-electron chi connectivity index (χ3n) is 7.88. The van der Waals surface area contributed by atoms with Gasteiger partial charge in [-0.3, -0.25) is 24.4 Å². The van der Waals surface area contributed by atoms with E-state index in [-0.39, 0.29) is 23.3 Å². The molecule has 2 atom stereocenters. The van der Waals surface area contributed by atoms with Crippen LogP contribution in [0.2, 0.25) is 0 Å². The zero-order valence-electron chi connectivity index (χ0n) is 22.6. The molecule has 2 aromatic rings. The molecule has 1 saturated carbocycles. The molecule has 0 radical (unpaired) electrons. The summed E-state index contributed by atoms with van der Waals surface area (Å²) in [6, 6.07) is 10.3. The second kappa shape index (κ2) is 11.3. The molecule has 1 aromatic carbocycles. The molecule has 0 N–H and O–H groups in total. The second-order valence-corrected chi connectivity index (χ2v) is 11.4. The molecule has 4 rings (SSSR count). The molecule has 7 heteroatoms. The predicted molar refractivity (Wildman–Crippen MR) is 145 cm³/mol. The number of nitriles is 1. The van der Waals surface area contributed by atoms with Gasteiger partial charge >= 0.3 is 0 Å². The number of likely N-dealkylation sites (tertiary alicyclic amines) is 1. The number of carbonyl (C=O) groups excluding carboxylic acids is 2. The van der Waals surface area contributed by atoms with E-state index >= 15 is 0 Å². The Hall–Kier alpha value is -3.40. The summed E-state index contributed by atoms with van der Waals surface area (Å²) in [6.45, 7) is 7.00. The number of benzene rings is 1. The third-order valence-corrected chi connectivity index (χ3v) is 7.88. The van der Waals surface area contributed by atoms with Crippen molar-refractivity contribution >= 4 is 17.5 Å². The minimum absolute atomic E-state index is 0.0454. The molecule has 1 aliphatic heterocycles. The fraction of sp³-hybridized carbons (Fsp3) is 0.533. The summed E-state index contributed by atoms with van der Waals surface area (Å²) in [4.78, 5) is 37.9. The Bertz CT molecular complexity index is 1110. The van der Waals surface area contributed by atoms with Crippen LogP contribution in [0.25, 0.3) is 0 Å². The minimum Gasteiger partial charge on any atom is -0.341 e. The van der Waals surface area contributed by atoms with Crippen LogP contribution >= 0.6 is 0 Å². The average Bonchev–Trinajstić information content (AvgIpc) is 3.40. The SMILES string of the molecule is CN(C(=O)C(c1cccnc1)N(C(=O)[C@H]1CCCN1C#N)c1ccc(C(C)(C)C)cc1)C1CCCCC1. The topological polar surface area (TPSA) is 80.5 Å². The maximum atomic E-state index is 14.3. The molecule has 196 valence electrons. The number of anilines is 1. The van der Waals surface area contributed by atoms with Crippen molar-refractivity contribution in [2.45, 2.75) is 89.3 Å². The zero-order valence-corrected chi connectivity index (χ0v) is 22.6. The van der Waals surface area contributed by atoms with Gasteiger partial charge in [0, 0.05) is 43.3 Å². The highest BCUT2D eigenvalue weighted by Crippen LogP contribution is 2.35. The first-order valence-electron chi connectivity index (χ1n) is 13.5. The summed E-state index contributed by atoms with van der Waals surface area (Å²) in [5.41, 5.74) is 2.43. The van der Waals surface area contributed by atoms with Crippen LogP contribution in [-0.4, -0.2) is 52.3 Å². The van der Waals surface area contributed by atoms with Gasteiger partial charge < -0.3 is 4.90 Å². The summed E-state index contributed by atoms with van der Waals surface area (Å²) in [7, 11) is 1.87. The number of amides is 2. The monoisotopic (exact) mass is 501 g/mol. The third kappa shape index (κ3) is 5.79. The first-order chi connectivity index (χ1) is 17.7. The Morgan fingerprint density at radius 3 is 2.35 bits per heavy atom. The Morgan fingerprint density at radius 1 is 1.05 bits per heavy atom. The van der Waals surface area contributed by atoms with Gasteiger partial charge in [0.05, 0.1) is 0 Å². The number of nitrogens with zero attached hydrogens (tertiary/aromatic N) is 5. The van der Waals surface area contributed by atoms with Gasteiger partial charge in [0.25, 0.3) is 5.91 Å². The molecule has 2 fully saturated rings. The number of likely N-dealkylation sites (N-methyl/N-ethyl adjacent to an activating group) is 1. The molecule has 7 nitrogen and oxygen atoms in total. The van der Waals surface area contributed by atoms with E-state index in [1.807, 2.05) is 42.3 Å². The number of aromatic nitrogens is 1. The van der Waals surface area contributed by atoms with Crippen molar-refractivity contribution < 1.29 is 9.59 Å². The van der Waals surface area contributed by atoms with Gasteiger partial charge in [0.2, 0.25) is 5.91 Å². The van der Waals surface area contributed by atoms with Crippen molar-refractivity contribution in [2.24, 2.45) is 0 Å². The van der Waals surface area contributed by atoms with Crippen LogP contribution in [0.5, 0.6) is 0 Å². The maximum Gasteiger partial charge on any atom is 0.251 e. The lowest BCUT2D eigenvalue weighted by molar-refractivity contribution is -0.136. The maximum absolute atomic E-state index is 14.3. The molecular formula is C30H39N5O2. The molecule has 1 aliphatic carbocycles. The molecule has 1 saturated heterocycles. The van der Waals surface area contributed by atoms with Crippen molar-refractivity contribution in [2.75, 3.05) is 18.5 Å². The smallest absolute Gasteiger partial charge is 0.251 e. The number of pyridine rings is 1. The number of rotatable bonds is 6. The molecule has 2 amide bonds. The van der Waals surface area contributed by atoms with Crippen molar-refractivity contribution in [1.82, 2.24) is 14.8 Å². The van der Waals surface area contributed by atoms with Crippen LogP contribution in [0.15, 0.2) is 48.8 Å². The second-order valence-electron chi connectivity index (χ2n) is 11.4. The quantitative estimate of drug-likeness (QED) is 0.509. The fourth-order valence-electron chi connectivity index (χ4n) is 5.61. The summed E-state index contributed by atoms with van der Waals surface area (Å²) in [6.07, 6.45) is 12.3. The van der Waals surface area contributed by atoms with E-state index in [0.29, 0.717) is 24.2 Å². The van der Waals surface area contributed by atoms with Crippen molar-refractivity contribution in [3.8, 4) is 6.19 Å². The standard InChI is InChI=1S/C30H39N5O2/c1-30(2,3)23-14-16-25(17-15-23)35(28(36)26-13-9-19-34(26)21-31)27(22-10-8-18-32-20-22)29(37)33(4)24-11-6-5-7-12-24/h8,10,14-18,20,24,26-27H,5-7,9,11-13,19H2,1-4H3/t26-,27?/m1/s1.